The highest BCUT2D eigenvalue weighted by atomic mass is 31.2. The highest BCUT2D eigenvalue weighted by Gasteiger charge is 2.27. The Labute approximate surface area is 607 Å². The predicted molar refractivity (Wildman–Crippen MR) is 427 cm³/mol. The number of allylic oxidation sites excluding steroid dienone is 18. The Morgan fingerprint density at radius 1 is 0.316 bits per heavy atom. The molecule has 1 N–H and O–H groups in total. The number of ether oxygens (including phenoxy) is 2. The number of hydrogen-bond donors (Lipinski definition) is 1. The molecule has 0 bridgehead atoms. The topological polar surface area (TPSA) is 108 Å². The molecule has 0 aromatic heterocycles. The molecule has 2 unspecified atom stereocenters. The summed E-state index contributed by atoms with van der Waals surface area (Å²) in [5.41, 5.74) is 0. The summed E-state index contributed by atoms with van der Waals surface area (Å²) in [6, 6.07) is 0. The molecule has 0 aliphatic carbocycles. The van der Waals surface area contributed by atoms with Gasteiger partial charge in [-0.15, -0.1) is 0 Å². The van der Waals surface area contributed by atoms with Gasteiger partial charge in [0.05, 0.1) is 27.7 Å². The predicted octanol–water partition coefficient (Wildman–Crippen LogP) is 28.0. The van der Waals surface area contributed by atoms with Crippen molar-refractivity contribution >= 4 is 19.8 Å². The van der Waals surface area contributed by atoms with E-state index in [-0.39, 0.29) is 25.6 Å². The van der Waals surface area contributed by atoms with E-state index in [0.29, 0.717) is 23.9 Å². The number of quaternary nitrogens is 1. The van der Waals surface area contributed by atoms with E-state index in [2.05, 4.69) is 123 Å². The van der Waals surface area contributed by atoms with Crippen molar-refractivity contribution in [3.63, 3.8) is 0 Å². The maximum atomic E-state index is 12.9. The summed E-state index contributed by atoms with van der Waals surface area (Å²) in [4.78, 5) is 36.0. The molecule has 0 aromatic carbocycles. The van der Waals surface area contributed by atoms with Gasteiger partial charge in [0, 0.05) is 12.8 Å². The number of carbonyl (C=O) groups is 2. The number of carbonyl (C=O) groups excluding carboxylic acids is 2. The number of unbranched alkanes of at least 4 members (excludes halogenated alkanes) is 45. The maximum Gasteiger partial charge on any atom is 0.472 e. The smallest absolute Gasteiger partial charge is 0.462 e. The Balaban J connectivity index is 3.89. The average Bonchev–Trinajstić information content (AvgIpc) is 1.08. The Morgan fingerprint density at radius 2 is 0.551 bits per heavy atom. The van der Waals surface area contributed by atoms with Gasteiger partial charge in [-0.1, -0.05) is 386 Å². The van der Waals surface area contributed by atoms with Crippen LogP contribution in [-0.4, -0.2) is 74.9 Å². The van der Waals surface area contributed by atoms with Crippen molar-refractivity contribution in [2.75, 3.05) is 47.5 Å². The third-order valence-electron chi connectivity index (χ3n) is 18.3. The molecule has 2 atom stereocenters. The summed E-state index contributed by atoms with van der Waals surface area (Å²) in [6.07, 6.45) is 111. The van der Waals surface area contributed by atoms with Gasteiger partial charge in [-0.3, -0.25) is 18.6 Å². The molecule has 0 rings (SSSR count). The quantitative estimate of drug-likeness (QED) is 0.0211. The first-order valence-corrected chi connectivity index (χ1v) is 43.1. The second-order valence-corrected chi connectivity index (χ2v) is 30.6. The van der Waals surface area contributed by atoms with Crippen molar-refractivity contribution < 1.29 is 42.1 Å². The van der Waals surface area contributed by atoms with Gasteiger partial charge in [0.25, 0.3) is 0 Å². The normalized spacial score (nSPS) is 13.6. The number of nitrogens with zero attached hydrogens (tertiary/aromatic N) is 1. The van der Waals surface area contributed by atoms with E-state index in [1.165, 1.54) is 263 Å². The molecular formula is C88H159NO8P+. The fraction of sp³-hybridized carbons (Fsp3) is 0.773. The highest BCUT2D eigenvalue weighted by molar-refractivity contribution is 7.47. The molecule has 0 spiro atoms. The minimum atomic E-state index is -4.40. The lowest BCUT2D eigenvalue weighted by atomic mass is 10.0. The van der Waals surface area contributed by atoms with E-state index in [0.717, 1.165) is 89.9 Å². The molecule has 0 radical (unpaired) electrons. The number of likely N-dealkylation sites (N-methyl/N-ethyl adjacent to an activating group) is 1. The zero-order chi connectivity index (χ0) is 71.1. The minimum Gasteiger partial charge on any atom is -0.462 e. The second-order valence-electron chi connectivity index (χ2n) is 29.1. The Bertz CT molecular complexity index is 2030. The molecule has 568 valence electrons. The zero-order valence-corrected chi connectivity index (χ0v) is 65.9. The van der Waals surface area contributed by atoms with E-state index >= 15 is 0 Å². The van der Waals surface area contributed by atoms with Gasteiger partial charge in [0.1, 0.15) is 19.8 Å². The summed E-state index contributed by atoms with van der Waals surface area (Å²) < 4.78 is 34.9. The fourth-order valence-electron chi connectivity index (χ4n) is 12.0. The van der Waals surface area contributed by atoms with Gasteiger partial charge >= 0.3 is 19.8 Å². The SMILES string of the molecule is CC/C=C\C/C=C\C/C=C\C/C=C\C/C=C\CCCCCCCCCCCCCCCCCCCC(=O)OC(COC(=O)CCCCCCCCCCCCCCCCCCCCCCCCCCCCCC/C=C\C/C=C\C/C=C\C/C=C\CC)COP(=O)(O)OCC[N+](C)(C)C. The number of phosphoric ester groups is 1. The first-order chi connectivity index (χ1) is 48.0. The molecule has 0 saturated carbocycles. The summed E-state index contributed by atoms with van der Waals surface area (Å²) >= 11 is 0. The monoisotopic (exact) mass is 1390 g/mol. The number of hydrogen-bond acceptors (Lipinski definition) is 7. The first kappa shape index (κ1) is 94.7. The summed E-state index contributed by atoms with van der Waals surface area (Å²) in [7, 11) is 1.49. The summed E-state index contributed by atoms with van der Waals surface area (Å²) in [5.74, 6) is -0.780. The lowest BCUT2D eigenvalue weighted by Gasteiger charge is -2.24. The van der Waals surface area contributed by atoms with Gasteiger partial charge in [-0.2, -0.15) is 0 Å². The molecule has 10 heteroatoms. The van der Waals surface area contributed by atoms with E-state index in [4.69, 9.17) is 18.5 Å². The molecule has 0 fully saturated rings. The fourth-order valence-corrected chi connectivity index (χ4v) is 12.8. The zero-order valence-electron chi connectivity index (χ0n) is 65.0. The Hall–Kier alpha value is -3.33. The number of rotatable bonds is 77. The average molecular weight is 1390 g/mol. The molecular weight excluding hydrogens is 1230 g/mol. The molecule has 0 aliphatic heterocycles. The van der Waals surface area contributed by atoms with E-state index in [1.807, 2.05) is 21.1 Å². The molecule has 0 saturated heterocycles. The maximum absolute atomic E-state index is 12.9. The van der Waals surface area contributed by atoms with Crippen LogP contribution in [0.15, 0.2) is 109 Å². The molecule has 9 nitrogen and oxygen atoms in total. The van der Waals surface area contributed by atoms with Crippen molar-refractivity contribution in [1.82, 2.24) is 0 Å². The van der Waals surface area contributed by atoms with Crippen LogP contribution in [0.25, 0.3) is 0 Å². The van der Waals surface area contributed by atoms with Crippen molar-refractivity contribution in [3.8, 4) is 0 Å². The molecule has 0 aromatic rings. The van der Waals surface area contributed by atoms with Crippen molar-refractivity contribution in [3.05, 3.63) is 109 Å². The first-order valence-electron chi connectivity index (χ1n) is 41.6. The van der Waals surface area contributed by atoms with Crippen molar-refractivity contribution in [2.24, 2.45) is 0 Å². The minimum absolute atomic E-state index is 0.0315. The highest BCUT2D eigenvalue weighted by Crippen LogP contribution is 2.43. The third-order valence-corrected chi connectivity index (χ3v) is 19.3. The number of phosphoric acid groups is 1. The van der Waals surface area contributed by atoms with E-state index < -0.39 is 26.5 Å². The van der Waals surface area contributed by atoms with Crippen LogP contribution in [0.3, 0.4) is 0 Å². The van der Waals surface area contributed by atoms with Gasteiger partial charge in [-0.05, 0) is 96.3 Å². The van der Waals surface area contributed by atoms with Crippen LogP contribution in [-0.2, 0) is 32.7 Å². The number of esters is 2. The Morgan fingerprint density at radius 3 is 0.816 bits per heavy atom. The molecule has 0 heterocycles. The van der Waals surface area contributed by atoms with Crippen LogP contribution in [0, 0.1) is 0 Å². The van der Waals surface area contributed by atoms with Crippen molar-refractivity contribution in [1.29, 1.82) is 0 Å². The largest absolute Gasteiger partial charge is 0.472 e. The van der Waals surface area contributed by atoms with E-state index in [9.17, 15) is 19.0 Å². The molecule has 0 amide bonds. The third kappa shape index (κ3) is 81.6. The lowest BCUT2D eigenvalue weighted by Crippen LogP contribution is -2.37. The Kier molecular flexibility index (Phi) is 75.2. The summed E-state index contributed by atoms with van der Waals surface area (Å²) in [5, 5.41) is 0. The van der Waals surface area contributed by atoms with Crippen LogP contribution >= 0.6 is 7.82 Å². The standard InChI is InChI=1S/C88H158NO8P/c1-6-8-10-12-14-16-18-20-22-24-26-28-30-32-34-36-38-40-41-42-43-44-45-46-47-49-50-52-54-56-58-60-62-64-66-68-70-72-74-76-78-80-87(90)94-84-86(85-96-98(92,93)95-83-82-89(3,4)5)97-88(91)81-79-77-75-73-71-69-67-65-63-61-59-57-55-53-51-48-39-37-35-33-31-29-27-25-23-21-19-17-15-13-11-9-7-2/h8-11,14-17,20-23,26-29,33,35,86H,6-7,12-13,18-19,24-25,30-32,34,36-85H2,1-5H3/p+1/b10-8-,11-9-,16-14-,17-15-,22-20-,23-21-,28-26-,29-27-,35-33-. The van der Waals surface area contributed by atoms with Crippen LogP contribution in [0.4, 0.5) is 0 Å². The van der Waals surface area contributed by atoms with Gasteiger partial charge < -0.3 is 18.9 Å². The van der Waals surface area contributed by atoms with Crippen LogP contribution < -0.4 is 0 Å². The molecule has 0 aliphatic rings. The van der Waals surface area contributed by atoms with Crippen LogP contribution in [0.5, 0.6) is 0 Å². The molecule has 98 heavy (non-hydrogen) atoms. The van der Waals surface area contributed by atoms with Gasteiger partial charge in [0.15, 0.2) is 6.10 Å². The van der Waals surface area contributed by atoms with Gasteiger partial charge in [-0.25, -0.2) is 4.57 Å². The lowest BCUT2D eigenvalue weighted by molar-refractivity contribution is -0.870. The summed E-state index contributed by atoms with van der Waals surface area (Å²) in [6.45, 7) is 4.26. The van der Waals surface area contributed by atoms with Crippen LogP contribution in [0.2, 0.25) is 0 Å². The second kappa shape index (κ2) is 77.8. The van der Waals surface area contributed by atoms with Crippen LogP contribution in [0.1, 0.15) is 386 Å². The van der Waals surface area contributed by atoms with Gasteiger partial charge in [0.2, 0.25) is 0 Å². The van der Waals surface area contributed by atoms with E-state index in [1.54, 1.807) is 0 Å². The van der Waals surface area contributed by atoms with Crippen molar-refractivity contribution in [2.45, 2.75) is 392 Å².